The molecule has 0 bridgehead atoms. The van der Waals surface area contributed by atoms with Crippen LogP contribution in [0.3, 0.4) is 0 Å². The van der Waals surface area contributed by atoms with Gasteiger partial charge in [-0.3, -0.25) is 4.90 Å². The fourth-order valence-corrected chi connectivity index (χ4v) is 3.36. The smallest absolute Gasteiger partial charge is 0.0113 e. The molecule has 3 heteroatoms. The minimum atomic E-state index is 0.461. The van der Waals surface area contributed by atoms with E-state index in [1.54, 1.807) is 0 Å². The van der Waals surface area contributed by atoms with Gasteiger partial charge in [0.2, 0.25) is 0 Å². The highest BCUT2D eigenvalue weighted by Crippen LogP contribution is 2.23. The fraction of sp³-hybridized carbons (Fsp3) is 1.00. The Morgan fingerprint density at radius 2 is 1.82 bits per heavy atom. The van der Waals surface area contributed by atoms with E-state index in [4.69, 9.17) is 5.73 Å². The summed E-state index contributed by atoms with van der Waals surface area (Å²) in [6.45, 7) is 10.9. The second kappa shape index (κ2) is 6.17. The molecule has 1 saturated carbocycles. The molecule has 3 nitrogen and oxygen atoms in total. The van der Waals surface area contributed by atoms with Crippen LogP contribution in [0, 0.1) is 5.92 Å². The molecule has 2 N–H and O–H groups in total. The Morgan fingerprint density at radius 1 is 1.12 bits per heavy atom. The van der Waals surface area contributed by atoms with Gasteiger partial charge in [-0.2, -0.15) is 0 Å². The summed E-state index contributed by atoms with van der Waals surface area (Å²) in [5.41, 5.74) is 6.09. The lowest BCUT2D eigenvalue weighted by atomic mass is 9.90. The van der Waals surface area contributed by atoms with Crippen LogP contribution in [0.1, 0.15) is 39.5 Å². The SMILES string of the molecule is CC(C)CN1CCN(C2CCCC(N)C2)CC1. The predicted octanol–water partition coefficient (Wildman–Crippen LogP) is 1.53. The Labute approximate surface area is 106 Å². The largest absolute Gasteiger partial charge is 0.328 e. The molecule has 17 heavy (non-hydrogen) atoms. The van der Waals surface area contributed by atoms with Crippen LogP contribution in [0.4, 0.5) is 0 Å². The summed E-state index contributed by atoms with van der Waals surface area (Å²) < 4.78 is 0. The minimum Gasteiger partial charge on any atom is -0.328 e. The number of piperazine rings is 1. The second-order valence-electron chi connectivity index (χ2n) is 6.31. The van der Waals surface area contributed by atoms with Crippen molar-refractivity contribution < 1.29 is 0 Å². The van der Waals surface area contributed by atoms with Crippen molar-refractivity contribution >= 4 is 0 Å². The average molecular weight is 239 g/mol. The van der Waals surface area contributed by atoms with Gasteiger partial charge in [-0.1, -0.05) is 20.3 Å². The molecule has 0 aromatic rings. The maximum absolute atomic E-state index is 6.09. The third-order valence-corrected chi connectivity index (χ3v) is 4.23. The van der Waals surface area contributed by atoms with Crippen molar-refractivity contribution in [2.45, 2.75) is 51.6 Å². The first kappa shape index (κ1) is 13.3. The van der Waals surface area contributed by atoms with Gasteiger partial charge in [0.1, 0.15) is 0 Å². The van der Waals surface area contributed by atoms with E-state index in [2.05, 4.69) is 23.6 Å². The summed E-state index contributed by atoms with van der Waals surface area (Å²) in [7, 11) is 0. The van der Waals surface area contributed by atoms with E-state index >= 15 is 0 Å². The second-order valence-corrected chi connectivity index (χ2v) is 6.31. The highest BCUT2D eigenvalue weighted by atomic mass is 15.3. The molecule has 0 radical (unpaired) electrons. The van der Waals surface area contributed by atoms with Gasteiger partial charge in [0.25, 0.3) is 0 Å². The number of nitrogens with zero attached hydrogens (tertiary/aromatic N) is 2. The Kier molecular flexibility index (Phi) is 4.83. The van der Waals surface area contributed by atoms with Gasteiger partial charge in [-0.05, 0) is 25.2 Å². The molecule has 1 aliphatic heterocycles. The molecule has 2 rings (SSSR count). The Morgan fingerprint density at radius 3 is 2.41 bits per heavy atom. The molecule has 1 saturated heterocycles. The lowest BCUT2D eigenvalue weighted by Crippen LogP contribution is -2.52. The monoisotopic (exact) mass is 239 g/mol. The number of rotatable bonds is 3. The van der Waals surface area contributed by atoms with Crippen molar-refractivity contribution in [1.29, 1.82) is 0 Å². The number of nitrogens with two attached hydrogens (primary N) is 1. The molecule has 100 valence electrons. The van der Waals surface area contributed by atoms with E-state index in [-0.39, 0.29) is 0 Å². The van der Waals surface area contributed by atoms with Crippen molar-refractivity contribution in [3.63, 3.8) is 0 Å². The van der Waals surface area contributed by atoms with Gasteiger partial charge in [0.15, 0.2) is 0 Å². The van der Waals surface area contributed by atoms with Crippen molar-refractivity contribution in [3.8, 4) is 0 Å². The van der Waals surface area contributed by atoms with Crippen molar-refractivity contribution in [2.24, 2.45) is 11.7 Å². The molecule has 0 aromatic heterocycles. The first-order valence-corrected chi connectivity index (χ1v) is 7.37. The third kappa shape index (κ3) is 3.94. The van der Waals surface area contributed by atoms with E-state index in [1.165, 1.54) is 58.4 Å². The van der Waals surface area contributed by atoms with E-state index in [9.17, 15) is 0 Å². The third-order valence-electron chi connectivity index (χ3n) is 4.23. The molecule has 1 aliphatic carbocycles. The highest BCUT2D eigenvalue weighted by molar-refractivity contribution is 4.85. The summed E-state index contributed by atoms with van der Waals surface area (Å²) in [5.74, 6) is 0.796. The summed E-state index contributed by atoms with van der Waals surface area (Å²) in [6, 6.07) is 1.24. The van der Waals surface area contributed by atoms with E-state index in [1.807, 2.05) is 0 Å². The normalized spacial score (nSPS) is 33.2. The lowest BCUT2D eigenvalue weighted by molar-refractivity contribution is 0.0700. The maximum Gasteiger partial charge on any atom is 0.0113 e. The highest BCUT2D eigenvalue weighted by Gasteiger charge is 2.27. The van der Waals surface area contributed by atoms with Gasteiger partial charge in [0, 0.05) is 44.8 Å². The molecule has 2 aliphatic rings. The molecule has 0 amide bonds. The van der Waals surface area contributed by atoms with Gasteiger partial charge < -0.3 is 10.6 Å². The minimum absolute atomic E-state index is 0.461. The summed E-state index contributed by atoms with van der Waals surface area (Å²) >= 11 is 0. The van der Waals surface area contributed by atoms with Crippen molar-refractivity contribution in [2.75, 3.05) is 32.7 Å². The molecular formula is C14H29N3. The zero-order valence-corrected chi connectivity index (χ0v) is 11.6. The molecule has 1 heterocycles. The average Bonchev–Trinajstić information content (AvgIpc) is 2.29. The van der Waals surface area contributed by atoms with Crippen LogP contribution in [0.2, 0.25) is 0 Å². The summed E-state index contributed by atoms with van der Waals surface area (Å²) in [4.78, 5) is 5.31. The topological polar surface area (TPSA) is 32.5 Å². The number of hydrogen-bond donors (Lipinski definition) is 1. The quantitative estimate of drug-likeness (QED) is 0.811. The molecule has 2 unspecified atom stereocenters. The zero-order chi connectivity index (χ0) is 12.3. The van der Waals surface area contributed by atoms with Crippen LogP contribution in [-0.2, 0) is 0 Å². The van der Waals surface area contributed by atoms with Crippen LogP contribution in [-0.4, -0.2) is 54.6 Å². The van der Waals surface area contributed by atoms with Crippen molar-refractivity contribution in [3.05, 3.63) is 0 Å². The van der Waals surface area contributed by atoms with Gasteiger partial charge in [-0.15, -0.1) is 0 Å². The van der Waals surface area contributed by atoms with Crippen LogP contribution in [0.15, 0.2) is 0 Å². The predicted molar refractivity (Wildman–Crippen MR) is 73.1 cm³/mol. The zero-order valence-electron chi connectivity index (χ0n) is 11.6. The van der Waals surface area contributed by atoms with E-state index < -0.39 is 0 Å². The van der Waals surface area contributed by atoms with Crippen LogP contribution in [0.25, 0.3) is 0 Å². The lowest BCUT2D eigenvalue weighted by Gasteiger charge is -2.42. The first-order valence-electron chi connectivity index (χ1n) is 7.37. The Balaban J connectivity index is 1.74. The van der Waals surface area contributed by atoms with E-state index in [0.717, 1.165) is 12.0 Å². The number of hydrogen-bond acceptors (Lipinski definition) is 3. The van der Waals surface area contributed by atoms with Crippen LogP contribution in [0.5, 0.6) is 0 Å². The standard InChI is InChI=1S/C14H29N3/c1-12(2)11-16-6-8-17(9-7-16)14-5-3-4-13(15)10-14/h12-14H,3-11,15H2,1-2H3. The van der Waals surface area contributed by atoms with Gasteiger partial charge >= 0.3 is 0 Å². The fourth-order valence-electron chi connectivity index (χ4n) is 3.36. The molecule has 2 atom stereocenters. The molecular weight excluding hydrogens is 210 g/mol. The molecule has 2 fully saturated rings. The molecule has 0 spiro atoms. The van der Waals surface area contributed by atoms with Crippen LogP contribution >= 0.6 is 0 Å². The summed E-state index contributed by atoms with van der Waals surface area (Å²) in [5, 5.41) is 0. The Hall–Kier alpha value is -0.120. The van der Waals surface area contributed by atoms with Gasteiger partial charge in [0.05, 0.1) is 0 Å². The first-order chi connectivity index (χ1) is 8.15. The van der Waals surface area contributed by atoms with Crippen molar-refractivity contribution in [1.82, 2.24) is 9.80 Å². The Bertz CT molecular complexity index is 222. The summed E-state index contributed by atoms with van der Waals surface area (Å²) in [6.07, 6.45) is 5.17. The van der Waals surface area contributed by atoms with Gasteiger partial charge in [-0.25, -0.2) is 0 Å². The maximum atomic E-state index is 6.09. The van der Waals surface area contributed by atoms with E-state index in [0.29, 0.717) is 6.04 Å². The molecule has 0 aromatic carbocycles. The van der Waals surface area contributed by atoms with Crippen LogP contribution < -0.4 is 5.73 Å².